The van der Waals surface area contributed by atoms with E-state index in [2.05, 4.69) is 124 Å². The summed E-state index contributed by atoms with van der Waals surface area (Å²) in [6.45, 7) is 51.3. The van der Waals surface area contributed by atoms with Crippen LogP contribution in [0.2, 0.25) is 0 Å². The minimum atomic E-state index is -0.0752. The van der Waals surface area contributed by atoms with Crippen LogP contribution in [0.25, 0.3) is 0 Å². The molecule has 23 unspecified atom stereocenters. The molecule has 14 aliphatic rings. The third-order valence-electron chi connectivity index (χ3n) is 38.9. The highest BCUT2D eigenvalue weighted by molar-refractivity contribution is 5.91. The predicted molar refractivity (Wildman–Crippen MR) is 577 cm³/mol. The number of allylic oxidation sites excluding steroid dienone is 2. The molecule has 0 N–H and O–H groups in total. The Balaban J connectivity index is 0.000000196. The zero-order valence-corrected chi connectivity index (χ0v) is 94.4. The number of esters is 4. The number of carbonyl (C=O) groups is 4. The van der Waals surface area contributed by atoms with Gasteiger partial charge in [0.2, 0.25) is 0 Å². The summed E-state index contributed by atoms with van der Waals surface area (Å²) in [5, 5.41) is 0. The summed E-state index contributed by atoms with van der Waals surface area (Å²) in [6, 6.07) is 0. The standard InChI is InChI=1S/2C18H32O2.2C18H30O2.3C18H34O/c4*1-4-5-6-7-8-9-11-18(3)12-10-15-14(2)17(19)20-16(15)13-18;1-4-5-6-7-8-11-18(3)12-9-16-15(2)10-13-19-17(16)14-18;2*1-4-5-6-7-8-9-11-18(3)12-10-16-15(2)14-19-17(16)13-18/h2*14-16H,4-13H2,1-3H3;16H,4-13H2,1-3H3;13-15H,4-12H2,1-3H3;3*15-17H,4-14H2,1-3H3/t14?,15-,16?,18?;;;;;15?,16-,17?,18?;/m0....0./s1. The average Bonchev–Trinajstić information content (AvgIpc) is 1.66. The summed E-state index contributed by atoms with van der Waals surface area (Å²) in [4.78, 5) is 46.7. The molecule has 12 fully saturated rings. The Labute approximate surface area is 847 Å². The molecule has 0 spiro atoms. The molecule has 0 bridgehead atoms. The number of fused-ring (bicyclic) bond motifs is 7. The lowest BCUT2D eigenvalue weighted by atomic mass is 9.64. The molecule has 11 heteroatoms. The van der Waals surface area contributed by atoms with Gasteiger partial charge in [0.25, 0.3) is 0 Å². The second-order valence-electron chi connectivity index (χ2n) is 51.9. The van der Waals surface area contributed by atoms with Crippen LogP contribution in [0.1, 0.15) is 588 Å². The van der Waals surface area contributed by atoms with Crippen LogP contribution in [-0.4, -0.2) is 80.3 Å². The Bertz CT molecular complexity index is 3290. The van der Waals surface area contributed by atoms with Crippen LogP contribution in [-0.2, 0) is 52.3 Å². The summed E-state index contributed by atoms with van der Waals surface area (Å²) >= 11 is 0. The van der Waals surface area contributed by atoms with Gasteiger partial charge in [-0.1, -0.05) is 402 Å². The molecule has 6 saturated heterocycles. The number of hydrogen-bond donors (Lipinski definition) is 0. The van der Waals surface area contributed by atoms with Gasteiger partial charge >= 0.3 is 23.9 Å². The van der Waals surface area contributed by atoms with Gasteiger partial charge in [-0.05, 0) is 272 Å². The van der Waals surface area contributed by atoms with Crippen LogP contribution < -0.4 is 0 Å². The minimum absolute atomic E-state index is 0.0231. The first kappa shape index (κ1) is 119. The smallest absolute Gasteiger partial charge is 0.334 e. The maximum Gasteiger partial charge on any atom is 0.334 e. The molecular formula is C126H226O11. The molecule has 6 saturated carbocycles. The predicted octanol–water partition coefficient (Wildman–Crippen LogP) is 37.3. The lowest BCUT2D eigenvalue weighted by Gasteiger charge is -2.47. The lowest BCUT2D eigenvalue weighted by molar-refractivity contribution is -0.146. The zero-order valence-electron chi connectivity index (χ0n) is 94.4. The Morgan fingerprint density at radius 3 is 0.942 bits per heavy atom. The molecule has 25 atom stereocenters. The monoisotopic (exact) mass is 1920 g/mol. The van der Waals surface area contributed by atoms with Crippen LogP contribution in [0.4, 0.5) is 0 Å². The summed E-state index contributed by atoms with van der Waals surface area (Å²) in [7, 11) is 0. The molecule has 14 rings (SSSR count). The second-order valence-corrected chi connectivity index (χ2v) is 51.9. The van der Waals surface area contributed by atoms with Gasteiger partial charge in [-0.2, -0.15) is 0 Å². The third-order valence-corrected chi connectivity index (χ3v) is 38.9. The van der Waals surface area contributed by atoms with Crippen LogP contribution in [0, 0.1) is 109 Å². The van der Waals surface area contributed by atoms with Crippen molar-refractivity contribution in [3.8, 4) is 0 Å². The van der Waals surface area contributed by atoms with Crippen LogP contribution in [0.3, 0.4) is 0 Å². The fourth-order valence-corrected chi connectivity index (χ4v) is 28.4. The largest absolute Gasteiger partial charge is 0.462 e. The molecule has 7 aliphatic heterocycles. The first-order valence-electron chi connectivity index (χ1n) is 60.8. The third kappa shape index (κ3) is 39.8. The summed E-state index contributed by atoms with van der Waals surface area (Å²) in [5.41, 5.74) is 5.36. The molecule has 7 heterocycles. The van der Waals surface area contributed by atoms with Gasteiger partial charge in [-0.15, -0.1) is 0 Å². The normalized spacial score (nSPS) is 35.9. The van der Waals surface area contributed by atoms with E-state index in [1.807, 2.05) is 27.7 Å². The Morgan fingerprint density at radius 1 is 0.292 bits per heavy atom. The fourth-order valence-electron chi connectivity index (χ4n) is 28.4. The summed E-state index contributed by atoms with van der Waals surface area (Å²) in [6.07, 6.45) is 97.5. The van der Waals surface area contributed by atoms with Crippen molar-refractivity contribution in [1.29, 1.82) is 0 Å². The van der Waals surface area contributed by atoms with Crippen molar-refractivity contribution in [3.05, 3.63) is 23.0 Å². The topological polar surface area (TPSA) is 133 Å². The van der Waals surface area contributed by atoms with E-state index in [9.17, 15) is 19.2 Å². The van der Waals surface area contributed by atoms with E-state index < -0.39 is 0 Å². The van der Waals surface area contributed by atoms with E-state index in [4.69, 9.17) is 33.2 Å². The Morgan fingerprint density at radius 2 is 0.591 bits per heavy atom. The van der Waals surface area contributed by atoms with Gasteiger partial charge < -0.3 is 33.2 Å². The fraction of sp³-hybridized carbons (Fsp3) is 0.937. The highest BCUT2D eigenvalue weighted by atomic mass is 16.6. The lowest BCUT2D eigenvalue weighted by Crippen LogP contribution is -2.43. The first-order valence-corrected chi connectivity index (χ1v) is 60.8. The second kappa shape index (κ2) is 61.8. The van der Waals surface area contributed by atoms with E-state index in [0.29, 0.717) is 68.6 Å². The SMILES string of the molecule is CCCCCCCC1(C)CCC2C(C)CCOC2C1.CCCCCCCCC1(C)C=C2OC(=O)C(C)C2CC1.CCCCCCCCC1(C)CCC2=C(C)C(=O)OC2C1.CCCCCCCCC1(C)CCC2C(C)COC2C1.CCCCCCCCC1(C)CCC2C(C1)OC(=O)C2C.CCCCCCCCC1(C)CC[C@@H]2C(C1)OC(=O)C2C.CCCCCCCCC1(C)CC[C@H]2C(C)COC2C1. The van der Waals surface area contributed by atoms with Crippen molar-refractivity contribution in [3.63, 3.8) is 0 Å². The van der Waals surface area contributed by atoms with Gasteiger partial charge in [0.15, 0.2) is 0 Å². The van der Waals surface area contributed by atoms with Crippen molar-refractivity contribution >= 4 is 23.9 Å². The van der Waals surface area contributed by atoms with Gasteiger partial charge in [-0.25, -0.2) is 4.79 Å². The first-order chi connectivity index (χ1) is 65.7. The number of ether oxygens (including phenoxy) is 7. The highest BCUT2D eigenvalue weighted by Crippen LogP contribution is 2.56. The van der Waals surface area contributed by atoms with Gasteiger partial charge in [0, 0.05) is 43.1 Å². The zero-order chi connectivity index (χ0) is 99.5. The number of hydrogen-bond acceptors (Lipinski definition) is 11. The maximum atomic E-state index is 11.7. The molecule has 7 aliphatic carbocycles. The molecule has 0 radical (unpaired) electrons. The van der Waals surface area contributed by atoms with Crippen molar-refractivity contribution in [2.45, 2.75) is 625 Å². The molecule has 11 nitrogen and oxygen atoms in total. The molecular weight excluding hydrogens is 1690 g/mol. The van der Waals surface area contributed by atoms with E-state index >= 15 is 0 Å². The van der Waals surface area contributed by atoms with Crippen molar-refractivity contribution in [1.82, 2.24) is 0 Å². The Hall–Kier alpha value is -2.76. The quantitative estimate of drug-likeness (QED) is 0.0327. The molecule has 0 aromatic carbocycles. The molecule has 796 valence electrons. The highest BCUT2D eigenvalue weighted by Gasteiger charge is 2.52. The van der Waals surface area contributed by atoms with Crippen molar-refractivity contribution < 1.29 is 52.3 Å². The van der Waals surface area contributed by atoms with E-state index in [1.54, 1.807) is 0 Å². The van der Waals surface area contributed by atoms with E-state index in [-0.39, 0.29) is 65.4 Å². The Kier molecular flexibility index (Phi) is 53.9. The van der Waals surface area contributed by atoms with Gasteiger partial charge in [0.05, 0.1) is 36.1 Å². The minimum Gasteiger partial charge on any atom is -0.462 e. The summed E-state index contributed by atoms with van der Waals surface area (Å²) < 4.78 is 40.3. The molecule has 0 aromatic heterocycles. The molecule has 137 heavy (non-hydrogen) atoms. The molecule has 0 amide bonds. The number of rotatable bonds is 48. The van der Waals surface area contributed by atoms with Crippen LogP contribution >= 0.6 is 0 Å². The van der Waals surface area contributed by atoms with Gasteiger partial charge in [0.1, 0.15) is 24.1 Å². The van der Waals surface area contributed by atoms with Crippen LogP contribution in [0.5, 0.6) is 0 Å². The van der Waals surface area contributed by atoms with Gasteiger partial charge in [-0.3, -0.25) is 14.4 Å². The maximum absolute atomic E-state index is 11.7. The number of carbonyl (C=O) groups excluding carboxylic acids is 4. The van der Waals surface area contributed by atoms with E-state index in [0.717, 1.165) is 98.8 Å². The van der Waals surface area contributed by atoms with Crippen molar-refractivity contribution in [2.75, 3.05) is 19.8 Å². The number of unbranched alkanes of at least 4 members (excludes halogenated alkanes) is 34. The van der Waals surface area contributed by atoms with Crippen LogP contribution in [0.15, 0.2) is 23.0 Å². The average molecular weight is 1920 g/mol. The van der Waals surface area contributed by atoms with E-state index in [1.165, 1.54) is 417 Å². The summed E-state index contributed by atoms with van der Waals surface area (Å²) in [5.74, 6) is 7.79. The van der Waals surface area contributed by atoms with Crippen molar-refractivity contribution in [2.24, 2.45) is 109 Å². The molecule has 0 aromatic rings.